The van der Waals surface area contributed by atoms with Gasteiger partial charge in [0, 0.05) is 37.6 Å². The van der Waals surface area contributed by atoms with E-state index in [1.165, 1.54) is 5.69 Å². The SMILES string of the molecule is COc1ccc(NC(N)=NCC(=O)N2CCN(c3ccccc3)CC2)cc1. The summed E-state index contributed by atoms with van der Waals surface area (Å²) in [7, 11) is 1.61. The number of amides is 1. The fraction of sp³-hybridized carbons (Fsp3) is 0.300. The molecule has 0 bridgehead atoms. The van der Waals surface area contributed by atoms with E-state index in [2.05, 4.69) is 27.3 Å². The molecule has 27 heavy (non-hydrogen) atoms. The Hall–Kier alpha value is -3.22. The quantitative estimate of drug-likeness (QED) is 0.622. The molecule has 1 aliphatic heterocycles. The highest BCUT2D eigenvalue weighted by Gasteiger charge is 2.20. The highest BCUT2D eigenvalue weighted by atomic mass is 16.5. The third kappa shape index (κ3) is 5.13. The molecule has 2 aromatic rings. The minimum absolute atomic E-state index is 0.0119. The number of hydrogen-bond donors (Lipinski definition) is 2. The number of para-hydroxylation sites is 1. The molecule has 7 heteroatoms. The van der Waals surface area contributed by atoms with Crippen molar-refractivity contribution in [3.8, 4) is 5.75 Å². The fourth-order valence-corrected chi connectivity index (χ4v) is 2.97. The summed E-state index contributed by atoms with van der Waals surface area (Å²) in [5.74, 6) is 0.972. The largest absolute Gasteiger partial charge is 0.497 e. The number of guanidine groups is 1. The lowest BCUT2D eigenvalue weighted by atomic mass is 10.2. The van der Waals surface area contributed by atoms with Gasteiger partial charge in [-0.05, 0) is 36.4 Å². The van der Waals surface area contributed by atoms with Crippen molar-refractivity contribution < 1.29 is 9.53 Å². The van der Waals surface area contributed by atoms with Crippen molar-refractivity contribution in [2.75, 3.05) is 50.1 Å². The molecule has 0 aliphatic carbocycles. The molecule has 7 nitrogen and oxygen atoms in total. The Bertz CT molecular complexity index is 769. The van der Waals surface area contributed by atoms with Crippen LogP contribution in [0.3, 0.4) is 0 Å². The first-order valence-corrected chi connectivity index (χ1v) is 8.94. The van der Waals surface area contributed by atoms with Gasteiger partial charge in [-0.2, -0.15) is 0 Å². The van der Waals surface area contributed by atoms with Gasteiger partial charge < -0.3 is 25.6 Å². The fourth-order valence-electron chi connectivity index (χ4n) is 2.97. The lowest BCUT2D eigenvalue weighted by molar-refractivity contribution is -0.129. The maximum absolute atomic E-state index is 12.4. The molecule has 0 aromatic heterocycles. The molecule has 2 aromatic carbocycles. The van der Waals surface area contributed by atoms with Crippen LogP contribution >= 0.6 is 0 Å². The molecule has 1 heterocycles. The molecule has 3 rings (SSSR count). The van der Waals surface area contributed by atoms with Crippen molar-refractivity contribution in [2.24, 2.45) is 10.7 Å². The van der Waals surface area contributed by atoms with Crippen LogP contribution in [0.5, 0.6) is 5.75 Å². The second-order valence-corrected chi connectivity index (χ2v) is 6.26. The first-order chi connectivity index (χ1) is 13.2. The van der Waals surface area contributed by atoms with Gasteiger partial charge in [-0.25, -0.2) is 4.99 Å². The Morgan fingerprint density at radius 3 is 2.37 bits per heavy atom. The van der Waals surface area contributed by atoms with Crippen molar-refractivity contribution >= 4 is 23.2 Å². The normalized spacial score (nSPS) is 14.8. The highest BCUT2D eigenvalue weighted by molar-refractivity contribution is 5.93. The monoisotopic (exact) mass is 367 g/mol. The van der Waals surface area contributed by atoms with Crippen molar-refractivity contribution in [2.45, 2.75) is 0 Å². The average molecular weight is 367 g/mol. The summed E-state index contributed by atoms with van der Waals surface area (Å²) in [4.78, 5) is 20.7. The molecule has 0 atom stereocenters. The van der Waals surface area contributed by atoms with Crippen molar-refractivity contribution in [1.82, 2.24) is 4.90 Å². The van der Waals surface area contributed by atoms with Gasteiger partial charge in [0.25, 0.3) is 0 Å². The zero-order valence-corrected chi connectivity index (χ0v) is 15.5. The van der Waals surface area contributed by atoms with Gasteiger partial charge in [-0.1, -0.05) is 18.2 Å². The number of aliphatic imine (C=N–C) groups is 1. The molecule has 1 amide bonds. The van der Waals surface area contributed by atoms with E-state index in [-0.39, 0.29) is 18.4 Å². The first-order valence-electron chi connectivity index (χ1n) is 8.94. The number of rotatable bonds is 5. The van der Waals surface area contributed by atoms with Crippen LogP contribution in [0.2, 0.25) is 0 Å². The van der Waals surface area contributed by atoms with Crippen molar-refractivity contribution in [3.63, 3.8) is 0 Å². The topological polar surface area (TPSA) is 83.2 Å². The molecule has 1 aliphatic rings. The minimum atomic E-state index is -0.0119. The van der Waals surface area contributed by atoms with Crippen LogP contribution in [0.25, 0.3) is 0 Å². The molecule has 1 saturated heterocycles. The number of methoxy groups -OCH3 is 1. The maximum Gasteiger partial charge on any atom is 0.244 e. The van der Waals surface area contributed by atoms with Crippen molar-refractivity contribution in [1.29, 1.82) is 0 Å². The number of nitrogens with one attached hydrogen (secondary N) is 1. The number of hydrogen-bond acceptors (Lipinski definition) is 4. The molecule has 0 saturated carbocycles. The second kappa shape index (κ2) is 8.93. The summed E-state index contributed by atoms with van der Waals surface area (Å²) in [6.07, 6.45) is 0. The lowest BCUT2D eigenvalue weighted by Gasteiger charge is -2.35. The Labute approximate surface area is 159 Å². The van der Waals surface area contributed by atoms with E-state index in [1.807, 2.05) is 47.4 Å². The number of nitrogens with zero attached hydrogens (tertiary/aromatic N) is 3. The van der Waals surface area contributed by atoms with Crippen LogP contribution in [-0.4, -0.2) is 56.6 Å². The number of carbonyl (C=O) groups is 1. The van der Waals surface area contributed by atoms with Gasteiger partial charge >= 0.3 is 0 Å². The van der Waals surface area contributed by atoms with Gasteiger partial charge in [-0.3, -0.25) is 4.79 Å². The number of anilines is 2. The van der Waals surface area contributed by atoms with Crippen LogP contribution < -0.4 is 20.7 Å². The number of ether oxygens (including phenoxy) is 1. The van der Waals surface area contributed by atoms with Gasteiger partial charge in [-0.15, -0.1) is 0 Å². The Morgan fingerprint density at radius 1 is 1.07 bits per heavy atom. The van der Waals surface area contributed by atoms with Gasteiger partial charge in [0.05, 0.1) is 7.11 Å². The summed E-state index contributed by atoms with van der Waals surface area (Å²) in [6, 6.07) is 17.6. The standard InChI is InChI=1S/C20H25N5O2/c1-27-18-9-7-16(8-10-18)23-20(21)22-15-19(26)25-13-11-24(12-14-25)17-5-3-2-4-6-17/h2-10H,11-15H2,1H3,(H3,21,22,23). The molecular weight excluding hydrogens is 342 g/mol. The predicted octanol–water partition coefficient (Wildman–Crippen LogP) is 1.77. The minimum Gasteiger partial charge on any atom is -0.497 e. The van der Waals surface area contributed by atoms with E-state index in [4.69, 9.17) is 10.5 Å². The smallest absolute Gasteiger partial charge is 0.244 e. The Morgan fingerprint density at radius 2 is 1.74 bits per heavy atom. The van der Waals surface area contributed by atoms with E-state index >= 15 is 0 Å². The van der Waals surface area contributed by atoms with Crippen LogP contribution in [0.4, 0.5) is 11.4 Å². The average Bonchev–Trinajstić information content (AvgIpc) is 2.73. The Kier molecular flexibility index (Phi) is 6.14. The van der Waals surface area contributed by atoms with E-state index in [9.17, 15) is 4.79 Å². The third-order valence-electron chi connectivity index (χ3n) is 4.50. The molecule has 0 spiro atoms. The lowest BCUT2D eigenvalue weighted by Crippen LogP contribution is -2.49. The predicted molar refractivity (Wildman–Crippen MR) is 108 cm³/mol. The first kappa shape index (κ1) is 18.6. The van der Waals surface area contributed by atoms with Crippen LogP contribution in [-0.2, 0) is 4.79 Å². The number of carbonyl (C=O) groups excluding carboxylic acids is 1. The Balaban J connectivity index is 1.46. The van der Waals surface area contributed by atoms with E-state index < -0.39 is 0 Å². The van der Waals surface area contributed by atoms with Gasteiger partial charge in [0.2, 0.25) is 5.91 Å². The highest BCUT2D eigenvalue weighted by Crippen LogP contribution is 2.16. The van der Waals surface area contributed by atoms with Gasteiger partial charge in [0.15, 0.2) is 5.96 Å². The van der Waals surface area contributed by atoms with Crippen LogP contribution in [0.15, 0.2) is 59.6 Å². The molecule has 142 valence electrons. The number of benzene rings is 2. The molecular formula is C20H25N5O2. The zero-order valence-electron chi connectivity index (χ0n) is 15.5. The summed E-state index contributed by atoms with van der Waals surface area (Å²) in [6.45, 7) is 3.06. The van der Waals surface area contributed by atoms with Crippen LogP contribution in [0.1, 0.15) is 0 Å². The van der Waals surface area contributed by atoms with E-state index in [0.717, 1.165) is 24.5 Å². The van der Waals surface area contributed by atoms with Gasteiger partial charge in [0.1, 0.15) is 12.3 Å². The third-order valence-corrected chi connectivity index (χ3v) is 4.50. The molecule has 0 radical (unpaired) electrons. The van der Waals surface area contributed by atoms with Crippen LogP contribution in [0, 0.1) is 0 Å². The molecule has 3 N–H and O–H groups in total. The van der Waals surface area contributed by atoms with E-state index in [1.54, 1.807) is 7.11 Å². The number of nitrogens with two attached hydrogens (primary N) is 1. The second-order valence-electron chi connectivity index (χ2n) is 6.26. The molecule has 0 unspecified atom stereocenters. The summed E-state index contributed by atoms with van der Waals surface area (Å²) < 4.78 is 5.11. The summed E-state index contributed by atoms with van der Waals surface area (Å²) in [5.41, 5.74) is 7.86. The number of piperazine rings is 1. The summed E-state index contributed by atoms with van der Waals surface area (Å²) >= 11 is 0. The van der Waals surface area contributed by atoms with E-state index in [0.29, 0.717) is 13.1 Å². The van der Waals surface area contributed by atoms with Crippen molar-refractivity contribution in [3.05, 3.63) is 54.6 Å². The molecule has 1 fully saturated rings. The summed E-state index contributed by atoms with van der Waals surface area (Å²) in [5, 5.41) is 2.97. The maximum atomic E-state index is 12.4. The zero-order chi connectivity index (χ0) is 19.1.